The third-order valence-electron chi connectivity index (χ3n) is 3.27. The van der Waals surface area contributed by atoms with E-state index in [4.69, 9.17) is 0 Å². The highest BCUT2D eigenvalue weighted by atomic mass is 15.3. The van der Waals surface area contributed by atoms with Gasteiger partial charge in [0.25, 0.3) is 0 Å². The molecule has 0 aliphatic heterocycles. The molecule has 0 saturated heterocycles. The van der Waals surface area contributed by atoms with Gasteiger partial charge in [-0.2, -0.15) is 5.10 Å². The van der Waals surface area contributed by atoms with Crippen LogP contribution in [0.5, 0.6) is 0 Å². The Balaban J connectivity index is 2.66. The van der Waals surface area contributed by atoms with Crippen LogP contribution in [0.25, 0.3) is 0 Å². The van der Waals surface area contributed by atoms with Crippen LogP contribution in [0.2, 0.25) is 0 Å². The second kappa shape index (κ2) is 6.93. The van der Waals surface area contributed by atoms with Gasteiger partial charge in [0.15, 0.2) is 0 Å². The fourth-order valence-corrected chi connectivity index (χ4v) is 2.26. The first-order chi connectivity index (χ1) is 8.52. The van der Waals surface area contributed by atoms with Crippen LogP contribution >= 0.6 is 0 Å². The monoisotopic (exact) mass is 251 g/mol. The summed E-state index contributed by atoms with van der Waals surface area (Å²) in [6.07, 6.45) is 3.31. The number of aryl methyl sites for hydroxylation is 2. The lowest BCUT2D eigenvalue weighted by molar-refractivity contribution is 0.329. The summed E-state index contributed by atoms with van der Waals surface area (Å²) in [5, 5.41) is 8.15. The molecule has 0 amide bonds. The second-order valence-corrected chi connectivity index (χ2v) is 5.81. The van der Waals surface area contributed by atoms with Crippen LogP contribution in [0.4, 0.5) is 0 Å². The van der Waals surface area contributed by atoms with Crippen molar-refractivity contribution in [2.24, 2.45) is 5.41 Å². The number of hydrogen-bond donors (Lipinski definition) is 1. The summed E-state index contributed by atoms with van der Waals surface area (Å²) in [4.78, 5) is 0. The summed E-state index contributed by atoms with van der Waals surface area (Å²) >= 11 is 0. The first kappa shape index (κ1) is 15.2. The van der Waals surface area contributed by atoms with E-state index >= 15 is 0 Å². The minimum absolute atomic E-state index is 0.285. The van der Waals surface area contributed by atoms with E-state index in [0.717, 1.165) is 32.5 Å². The molecule has 0 aliphatic rings. The van der Waals surface area contributed by atoms with Crippen LogP contribution in [0.1, 0.15) is 52.4 Å². The third-order valence-corrected chi connectivity index (χ3v) is 3.27. The van der Waals surface area contributed by atoms with Gasteiger partial charge in [0, 0.05) is 18.8 Å². The first-order valence-electron chi connectivity index (χ1n) is 7.28. The van der Waals surface area contributed by atoms with Crippen molar-refractivity contribution in [1.29, 1.82) is 0 Å². The largest absolute Gasteiger partial charge is 0.316 e. The molecule has 3 heteroatoms. The quantitative estimate of drug-likeness (QED) is 0.720. The van der Waals surface area contributed by atoms with Crippen LogP contribution in [0.3, 0.4) is 0 Å². The van der Waals surface area contributed by atoms with Gasteiger partial charge in [-0.3, -0.25) is 4.68 Å². The molecule has 0 unspecified atom stereocenters. The normalized spacial score (nSPS) is 12.1. The molecular weight excluding hydrogens is 222 g/mol. The van der Waals surface area contributed by atoms with Crippen molar-refractivity contribution in [3.8, 4) is 0 Å². The molecule has 104 valence electrons. The third kappa shape index (κ3) is 4.45. The second-order valence-electron chi connectivity index (χ2n) is 5.81. The van der Waals surface area contributed by atoms with Gasteiger partial charge in [0.2, 0.25) is 0 Å². The molecule has 1 N–H and O–H groups in total. The van der Waals surface area contributed by atoms with E-state index in [1.165, 1.54) is 17.8 Å². The minimum Gasteiger partial charge on any atom is -0.316 e. The molecule has 1 aromatic rings. The maximum atomic E-state index is 4.62. The van der Waals surface area contributed by atoms with Gasteiger partial charge in [-0.15, -0.1) is 0 Å². The highest BCUT2D eigenvalue weighted by Crippen LogP contribution is 2.21. The van der Waals surface area contributed by atoms with Crippen molar-refractivity contribution in [3.63, 3.8) is 0 Å². The zero-order valence-electron chi connectivity index (χ0n) is 12.7. The van der Waals surface area contributed by atoms with E-state index in [-0.39, 0.29) is 5.41 Å². The fourth-order valence-electron chi connectivity index (χ4n) is 2.26. The number of nitrogens with zero attached hydrogens (tertiary/aromatic N) is 2. The lowest BCUT2D eigenvalue weighted by atomic mass is 9.87. The molecule has 1 rings (SSSR count). The molecule has 0 radical (unpaired) electrons. The molecule has 0 aliphatic carbocycles. The molecule has 0 saturated carbocycles. The zero-order valence-corrected chi connectivity index (χ0v) is 12.7. The Morgan fingerprint density at radius 3 is 2.56 bits per heavy atom. The molecule has 18 heavy (non-hydrogen) atoms. The Kier molecular flexibility index (Phi) is 5.86. The maximum Gasteiger partial charge on any atom is 0.0624 e. The summed E-state index contributed by atoms with van der Waals surface area (Å²) < 4.78 is 2.15. The summed E-state index contributed by atoms with van der Waals surface area (Å²) in [5.41, 5.74) is 2.87. The van der Waals surface area contributed by atoms with Crippen molar-refractivity contribution in [2.45, 2.75) is 60.4 Å². The molecule has 1 heterocycles. The Bertz CT molecular complexity index is 353. The zero-order chi connectivity index (χ0) is 13.6. The smallest absolute Gasteiger partial charge is 0.0624 e. The van der Waals surface area contributed by atoms with Crippen molar-refractivity contribution < 1.29 is 0 Å². The number of aromatic nitrogens is 2. The van der Waals surface area contributed by atoms with Gasteiger partial charge in [-0.25, -0.2) is 0 Å². The van der Waals surface area contributed by atoms with Crippen molar-refractivity contribution in [1.82, 2.24) is 15.1 Å². The maximum absolute atomic E-state index is 4.62. The van der Waals surface area contributed by atoms with Crippen molar-refractivity contribution >= 4 is 0 Å². The van der Waals surface area contributed by atoms with Gasteiger partial charge >= 0.3 is 0 Å². The van der Waals surface area contributed by atoms with Gasteiger partial charge in [-0.1, -0.05) is 27.7 Å². The Morgan fingerprint density at radius 2 is 2.00 bits per heavy atom. The van der Waals surface area contributed by atoms with E-state index in [0.29, 0.717) is 0 Å². The summed E-state index contributed by atoms with van der Waals surface area (Å²) in [6.45, 7) is 14.3. The van der Waals surface area contributed by atoms with Crippen molar-refractivity contribution in [2.75, 3.05) is 13.1 Å². The first-order valence-corrected chi connectivity index (χ1v) is 7.28. The molecule has 0 bridgehead atoms. The predicted molar refractivity (Wildman–Crippen MR) is 77.9 cm³/mol. The van der Waals surface area contributed by atoms with Crippen LogP contribution in [0.15, 0.2) is 6.07 Å². The predicted octanol–water partition coefficient (Wildman–Crippen LogP) is 3.03. The summed E-state index contributed by atoms with van der Waals surface area (Å²) in [6, 6.07) is 2.27. The standard InChI is InChI=1S/C15H29N3/c1-6-9-16-12-15(4,5)11-14-10-13(7-2)17-18(14)8-3/h10,16H,6-9,11-12H2,1-5H3. The summed E-state index contributed by atoms with van der Waals surface area (Å²) in [7, 11) is 0. The Morgan fingerprint density at radius 1 is 1.28 bits per heavy atom. The van der Waals surface area contributed by atoms with Crippen molar-refractivity contribution in [3.05, 3.63) is 17.5 Å². The van der Waals surface area contributed by atoms with Gasteiger partial charge in [0.1, 0.15) is 0 Å². The molecule has 0 atom stereocenters. The Hall–Kier alpha value is -0.830. The average molecular weight is 251 g/mol. The van der Waals surface area contributed by atoms with Crippen LogP contribution in [-0.4, -0.2) is 22.9 Å². The topological polar surface area (TPSA) is 29.9 Å². The summed E-state index contributed by atoms with van der Waals surface area (Å²) in [5.74, 6) is 0. The molecule has 0 fully saturated rings. The number of rotatable bonds is 8. The average Bonchev–Trinajstić information content (AvgIpc) is 2.70. The van der Waals surface area contributed by atoms with E-state index in [1.54, 1.807) is 0 Å². The molecule has 0 aromatic carbocycles. The SMILES string of the molecule is CCCNCC(C)(C)Cc1cc(CC)nn1CC. The Labute approximate surface area is 112 Å². The molecule has 3 nitrogen and oxygen atoms in total. The highest BCUT2D eigenvalue weighted by molar-refractivity contribution is 5.12. The molecular formula is C15H29N3. The lowest BCUT2D eigenvalue weighted by Gasteiger charge is -2.25. The van der Waals surface area contributed by atoms with Gasteiger partial charge < -0.3 is 5.32 Å². The number of nitrogens with one attached hydrogen (secondary N) is 1. The minimum atomic E-state index is 0.285. The molecule has 0 spiro atoms. The van der Waals surface area contributed by atoms with Crippen LogP contribution in [-0.2, 0) is 19.4 Å². The van der Waals surface area contributed by atoms with Crippen LogP contribution < -0.4 is 5.32 Å². The van der Waals surface area contributed by atoms with E-state index in [9.17, 15) is 0 Å². The molecule has 1 aromatic heterocycles. The van der Waals surface area contributed by atoms with Crippen LogP contribution in [0, 0.1) is 5.41 Å². The number of hydrogen-bond acceptors (Lipinski definition) is 2. The van der Waals surface area contributed by atoms with E-state index in [2.05, 4.69) is 55.8 Å². The highest BCUT2D eigenvalue weighted by Gasteiger charge is 2.20. The van der Waals surface area contributed by atoms with E-state index in [1.807, 2.05) is 0 Å². The van der Waals surface area contributed by atoms with E-state index < -0.39 is 0 Å². The fraction of sp³-hybridized carbons (Fsp3) is 0.800. The van der Waals surface area contributed by atoms with Gasteiger partial charge in [-0.05, 0) is 44.2 Å². The van der Waals surface area contributed by atoms with Gasteiger partial charge in [0.05, 0.1) is 5.69 Å². The lowest BCUT2D eigenvalue weighted by Crippen LogP contribution is -2.32.